The Morgan fingerprint density at radius 3 is 1.61 bits per heavy atom. The lowest BCUT2D eigenvalue weighted by Crippen LogP contribution is -2.28. The van der Waals surface area contributed by atoms with Crippen LogP contribution in [-0.2, 0) is 5.41 Å². The van der Waals surface area contributed by atoms with Crippen molar-refractivity contribution in [2.45, 2.75) is 5.41 Å². The summed E-state index contributed by atoms with van der Waals surface area (Å²) in [5, 5.41) is 2.48. The van der Waals surface area contributed by atoms with Gasteiger partial charge in [-0.1, -0.05) is 194 Å². The fourth-order valence-electron chi connectivity index (χ4n) is 8.79. The van der Waals surface area contributed by atoms with Crippen LogP contribution in [0.3, 0.4) is 0 Å². The molecule has 0 heterocycles. The Morgan fingerprint density at radius 1 is 0.315 bits per heavy atom. The minimum Gasteiger partial charge on any atom is -0.309 e. The fourth-order valence-corrected chi connectivity index (χ4v) is 8.79. The van der Waals surface area contributed by atoms with Gasteiger partial charge in [-0.05, 0) is 85.6 Å². The van der Waals surface area contributed by atoms with Gasteiger partial charge in [0, 0.05) is 16.8 Å². The largest absolute Gasteiger partial charge is 0.309 e. The van der Waals surface area contributed by atoms with Crippen LogP contribution in [0.5, 0.6) is 0 Å². The molecular weight excluding hydrogens is 651 g/mol. The third kappa shape index (κ3) is 5.09. The number of rotatable bonds is 7. The van der Waals surface area contributed by atoms with E-state index in [4.69, 9.17) is 0 Å². The number of hydrogen-bond acceptors (Lipinski definition) is 1. The van der Waals surface area contributed by atoms with E-state index in [1.54, 1.807) is 0 Å². The van der Waals surface area contributed by atoms with Crippen LogP contribution in [0.25, 0.3) is 44.2 Å². The highest BCUT2D eigenvalue weighted by Gasteiger charge is 2.47. The van der Waals surface area contributed by atoms with Crippen molar-refractivity contribution in [2.75, 3.05) is 4.90 Å². The number of fused-ring (bicyclic) bond motifs is 4. The Morgan fingerprint density at radius 2 is 0.852 bits per heavy atom. The van der Waals surface area contributed by atoms with Gasteiger partial charge in [0.2, 0.25) is 0 Å². The van der Waals surface area contributed by atoms with Crippen LogP contribution in [0, 0.1) is 0 Å². The third-order valence-electron chi connectivity index (χ3n) is 11.1. The molecule has 0 atom stereocenters. The zero-order valence-electron chi connectivity index (χ0n) is 29.8. The summed E-state index contributed by atoms with van der Waals surface area (Å²) < 4.78 is 0. The SMILES string of the molecule is c1ccc(-c2ccccc2N(c2cccc(-c3ccc4ccccc4c3)c2)c2cccc3c2-c2ccccc2C3(c2ccccc2)c2ccccc2)cc1. The van der Waals surface area contributed by atoms with Crippen molar-refractivity contribution in [1.29, 1.82) is 0 Å². The Hall–Kier alpha value is -6.96. The Balaban J connectivity index is 1.27. The molecule has 0 N–H and O–H groups in total. The van der Waals surface area contributed by atoms with Crippen molar-refractivity contribution >= 4 is 27.8 Å². The summed E-state index contributed by atoms with van der Waals surface area (Å²) in [6.45, 7) is 0. The van der Waals surface area contributed by atoms with Gasteiger partial charge in [-0.15, -0.1) is 0 Å². The fraction of sp³-hybridized carbons (Fsp3) is 0.0189. The number of hydrogen-bond donors (Lipinski definition) is 0. The van der Waals surface area contributed by atoms with E-state index in [-0.39, 0.29) is 0 Å². The van der Waals surface area contributed by atoms with Crippen LogP contribution in [0.15, 0.2) is 224 Å². The molecule has 54 heavy (non-hydrogen) atoms. The molecule has 10 rings (SSSR count). The molecule has 0 bridgehead atoms. The molecule has 1 aliphatic rings. The highest BCUT2D eigenvalue weighted by molar-refractivity contribution is 6.00. The van der Waals surface area contributed by atoms with E-state index in [1.165, 1.54) is 66.4 Å². The predicted octanol–water partition coefficient (Wildman–Crippen LogP) is 14.0. The summed E-state index contributed by atoms with van der Waals surface area (Å²) in [6.07, 6.45) is 0. The van der Waals surface area contributed by atoms with E-state index < -0.39 is 5.41 Å². The second-order valence-corrected chi connectivity index (χ2v) is 14.1. The van der Waals surface area contributed by atoms with Gasteiger partial charge in [0.15, 0.2) is 0 Å². The van der Waals surface area contributed by atoms with E-state index in [0.29, 0.717) is 0 Å². The third-order valence-corrected chi connectivity index (χ3v) is 11.1. The second-order valence-electron chi connectivity index (χ2n) is 14.1. The molecule has 0 aromatic heterocycles. The first-order chi connectivity index (χ1) is 26.8. The van der Waals surface area contributed by atoms with Crippen molar-refractivity contribution in [1.82, 2.24) is 0 Å². The first kappa shape index (κ1) is 31.7. The highest BCUT2D eigenvalue weighted by Crippen LogP contribution is 2.59. The Labute approximate surface area is 317 Å². The molecule has 0 aliphatic heterocycles. The maximum atomic E-state index is 2.49. The quantitative estimate of drug-likeness (QED) is 0.161. The molecule has 9 aromatic carbocycles. The molecule has 0 radical (unpaired) electrons. The molecule has 1 heteroatoms. The van der Waals surface area contributed by atoms with E-state index in [2.05, 4.69) is 229 Å². The lowest BCUT2D eigenvalue weighted by Gasteiger charge is -2.34. The zero-order valence-corrected chi connectivity index (χ0v) is 29.8. The van der Waals surface area contributed by atoms with Crippen molar-refractivity contribution in [3.8, 4) is 33.4 Å². The lowest BCUT2D eigenvalue weighted by atomic mass is 9.68. The topological polar surface area (TPSA) is 3.24 Å². The summed E-state index contributed by atoms with van der Waals surface area (Å²) in [6, 6.07) is 82.1. The normalized spacial score (nSPS) is 12.6. The van der Waals surface area contributed by atoms with Crippen molar-refractivity contribution in [3.63, 3.8) is 0 Å². The van der Waals surface area contributed by atoms with E-state index in [1.807, 2.05) is 0 Å². The molecule has 0 unspecified atom stereocenters. The first-order valence-electron chi connectivity index (χ1n) is 18.7. The number of benzene rings is 9. The molecule has 0 fully saturated rings. The van der Waals surface area contributed by atoms with E-state index >= 15 is 0 Å². The van der Waals surface area contributed by atoms with Crippen LogP contribution in [0.2, 0.25) is 0 Å². The van der Waals surface area contributed by atoms with E-state index in [0.717, 1.165) is 17.1 Å². The number of para-hydroxylation sites is 1. The average Bonchev–Trinajstić information content (AvgIpc) is 3.56. The predicted molar refractivity (Wildman–Crippen MR) is 227 cm³/mol. The summed E-state index contributed by atoms with van der Waals surface area (Å²) >= 11 is 0. The summed E-state index contributed by atoms with van der Waals surface area (Å²) in [4.78, 5) is 2.49. The summed E-state index contributed by atoms with van der Waals surface area (Å²) in [5.41, 5.74) is 15.2. The molecule has 1 nitrogen and oxygen atoms in total. The highest BCUT2D eigenvalue weighted by atomic mass is 15.1. The minimum atomic E-state index is -0.498. The maximum absolute atomic E-state index is 2.49. The Kier molecular flexibility index (Phi) is 7.78. The van der Waals surface area contributed by atoms with Gasteiger partial charge in [-0.25, -0.2) is 0 Å². The first-order valence-corrected chi connectivity index (χ1v) is 18.7. The van der Waals surface area contributed by atoms with Crippen LogP contribution in [0.1, 0.15) is 22.3 Å². The molecule has 9 aromatic rings. The lowest BCUT2D eigenvalue weighted by molar-refractivity contribution is 0.768. The smallest absolute Gasteiger partial charge is 0.0714 e. The minimum absolute atomic E-state index is 0.498. The van der Waals surface area contributed by atoms with Crippen LogP contribution >= 0.6 is 0 Å². The zero-order chi connectivity index (χ0) is 35.9. The number of anilines is 3. The van der Waals surface area contributed by atoms with E-state index in [9.17, 15) is 0 Å². The molecule has 1 aliphatic carbocycles. The van der Waals surface area contributed by atoms with Gasteiger partial charge in [0.1, 0.15) is 0 Å². The van der Waals surface area contributed by atoms with Gasteiger partial charge in [-0.3, -0.25) is 0 Å². The van der Waals surface area contributed by atoms with Crippen molar-refractivity contribution in [3.05, 3.63) is 247 Å². The second kappa shape index (κ2) is 13.2. The van der Waals surface area contributed by atoms with Crippen LogP contribution < -0.4 is 4.90 Å². The molecule has 0 saturated heterocycles. The van der Waals surface area contributed by atoms with Gasteiger partial charge in [0.25, 0.3) is 0 Å². The Bertz CT molecular complexity index is 2730. The van der Waals surface area contributed by atoms with Gasteiger partial charge >= 0.3 is 0 Å². The van der Waals surface area contributed by atoms with Gasteiger partial charge in [-0.2, -0.15) is 0 Å². The van der Waals surface area contributed by atoms with Gasteiger partial charge < -0.3 is 4.90 Å². The molecule has 0 spiro atoms. The average molecular weight is 688 g/mol. The summed E-state index contributed by atoms with van der Waals surface area (Å²) in [7, 11) is 0. The molecule has 0 saturated carbocycles. The standard InChI is InChI=1S/C53H37N/c1-4-19-39(20-5-1)46-28-13-15-32-50(46)54(45-27-16-22-41(37-45)42-35-34-38-18-10-11-21-40(38)36-42)51-33-17-31-49-52(51)47-29-12-14-30-48(47)53(49,43-23-6-2-7-24-43)44-25-8-3-9-26-44/h1-37H. The molecular formula is C53H37N. The van der Waals surface area contributed by atoms with Crippen LogP contribution in [-0.4, -0.2) is 0 Å². The monoisotopic (exact) mass is 687 g/mol. The summed E-state index contributed by atoms with van der Waals surface area (Å²) in [5.74, 6) is 0. The number of nitrogens with zero attached hydrogens (tertiary/aromatic N) is 1. The van der Waals surface area contributed by atoms with Gasteiger partial charge in [0.05, 0.1) is 16.8 Å². The molecule has 254 valence electrons. The van der Waals surface area contributed by atoms with Crippen LogP contribution in [0.4, 0.5) is 17.1 Å². The maximum Gasteiger partial charge on any atom is 0.0714 e. The van der Waals surface area contributed by atoms with Crippen molar-refractivity contribution < 1.29 is 0 Å². The van der Waals surface area contributed by atoms with Crippen molar-refractivity contribution in [2.24, 2.45) is 0 Å². The molecule has 0 amide bonds.